The smallest absolute Gasteiger partial charge is 0.230 e. The van der Waals surface area contributed by atoms with Crippen molar-refractivity contribution in [2.24, 2.45) is 5.41 Å². The maximum absolute atomic E-state index is 11.6. The van der Waals surface area contributed by atoms with Crippen LogP contribution >= 0.6 is 11.8 Å². The van der Waals surface area contributed by atoms with Crippen LogP contribution in [0, 0.1) is 5.41 Å². The van der Waals surface area contributed by atoms with Crippen molar-refractivity contribution in [3.63, 3.8) is 0 Å². The van der Waals surface area contributed by atoms with Crippen molar-refractivity contribution in [2.75, 3.05) is 31.8 Å². The van der Waals surface area contributed by atoms with E-state index < -0.39 is 5.60 Å². The summed E-state index contributed by atoms with van der Waals surface area (Å²) in [5, 5.41) is 13.3. The summed E-state index contributed by atoms with van der Waals surface area (Å²) in [6.07, 6.45) is 3.58. The van der Waals surface area contributed by atoms with E-state index in [9.17, 15) is 9.90 Å². The standard InChI is InChI=1S/C14H27NO3S/c1-13(2)4-6-14(17,7-5-13)11-15-12(16)10-19-9-8-18-3/h17H,4-11H2,1-3H3,(H,15,16). The Morgan fingerprint density at radius 2 is 1.95 bits per heavy atom. The molecule has 4 nitrogen and oxygen atoms in total. The Bertz CT molecular complexity index is 284. The average molecular weight is 289 g/mol. The first-order valence-corrected chi connectivity index (χ1v) is 8.08. The monoisotopic (exact) mass is 289 g/mol. The van der Waals surface area contributed by atoms with Crippen molar-refractivity contribution in [2.45, 2.75) is 45.1 Å². The van der Waals surface area contributed by atoms with Crippen LogP contribution in [0.1, 0.15) is 39.5 Å². The molecule has 112 valence electrons. The number of thioether (sulfide) groups is 1. The van der Waals surface area contributed by atoms with Gasteiger partial charge in [0.15, 0.2) is 0 Å². The summed E-state index contributed by atoms with van der Waals surface area (Å²) in [6.45, 7) is 5.51. The summed E-state index contributed by atoms with van der Waals surface area (Å²) in [6, 6.07) is 0. The van der Waals surface area contributed by atoms with Crippen LogP contribution in [0.4, 0.5) is 0 Å². The van der Waals surface area contributed by atoms with Crippen LogP contribution < -0.4 is 5.32 Å². The van der Waals surface area contributed by atoms with Gasteiger partial charge in [0.25, 0.3) is 0 Å². The van der Waals surface area contributed by atoms with Gasteiger partial charge >= 0.3 is 0 Å². The number of methoxy groups -OCH3 is 1. The van der Waals surface area contributed by atoms with Crippen LogP contribution in [-0.2, 0) is 9.53 Å². The van der Waals surface area contributed by atoms with Gasteiger partial charge in [-0.1, -0.05) is 13.8 Å². The summed E-state index contributed by atoms with van der Waals surface area (Å²) in [4.78, 5) is 11.6. The van der Waals surface area contributed by atoms with Crippen LogP contribution in [-0.4, -0.2) is 48.4 Å². The topological polar surface area (TPSA) is 58.6 Å². The van der Waals surface area contributed by atoms with Crippen molar-refractivity contribution >= 4 is 17.7 Å². The van der Waals surface area contributed by atoms with Crippen LogP contribution in [0.5, 0.6) is 0 Å². The van der Waals surface area contributed by atoms with Crippen LogP contribution in [0.25, 0.3) is 0 Å². The third kappa shape index (κ3) is 6.63. The number of carbonyl (C=O) groups is 1. The first kappa shape index (κ1) is 16.8. The molecule has 0 spiro atoms. The molecule has 0 radical (unpaired) electrons. The molecule has 0 saturated heterocycles. The number of aliphatic hydroxyl groups is 1. The lowest BCUT2D eigenvalue weighted by Crippen LogP contribution is -2.47. The van der Waals surface area contributed by atoms with E-state index in [1.165, 1.54) is 0 Å². The molecule has 1 saturated carbocycles. The fourth-order valence-electron chi connectivity index (χ4n) is 2.19. The number of amides is 1. The average Bonchev–Trinajstić information content (AvgIpc) is 2.37. The molecule has 2 N–H and O–H groups in total. The molecular weight excluding hydrogens is 262 g/mol. The van der Waals surface area contributed by atoms with Gasteiger partial charge in [0.2, 0.25) is 5.91 Å². The molecule has 0 heterocycles. The third-order valence-electron chi connectivity index (χ3n) is 3.81. The second-order valence-electron chi connectivity index (χ2n) is 6.21. The Morgan fingerprint density at radius 3 is 2.53 bits per heavy atom. The predicted molar refractivity (Wildman–Crippen MR) is 79.4 cm³/mol. The Morgan fingerprint density at radius 1 is 1.32 bits per heavy atom. The Hall–Kier alpha value is -0.260. The van der Waals surface area contributed by atoms with Crippen molar-refractivity contribution in [1.82, 2.24) is 5.32 Å². The molecule has 1 amide bonds. The molecule has 0 aromatic heterocycles. The second kappa shape index (κ2) is 7.50. The van der Waals surface area contributed by atoms with E-state index in [1.807, 2.05) is 0 Å². The van der Waals surface area contributed by atoms with Gasteiger partial charge in [-0.25, -0.2) is 0 Å². The van der Waals surface area contributed by atoms with Crippen LogP contribution in [0.3, 0.4) is 0 Å². The van der Waals surface area contributed by atoms with Gasteiger partial charge in [-0.05, 0) is 31.1 Å². The number of hydrogen-bond acceptors (Lipinski definition) is 4. The van der Waals surface area contributed by atoms with Crippen molar-refractivity contribution in [3.05, 3.63) is 0 Å². The van der Waals surface area contributed by atoms with E-state index in [-0.39, 0.29) is 5.91 Å². The molecule has 0 aliphatic heterocycles. The number of rotatable bonds is 7. The Labute approximate surface area is 120 Å². The van der Waals surface area contributed by atoms with Crippen molar-refractivity contribution < 1.29 is 14.6 Å². The minimum absolute atomic E-state index is 0.000591. The molecule has 19 heavy (non-hydrogen) atoms. The lowest BCUT2D eigenvalue weighted by molar-refractivity contribution is -0.120. The quantitative estimate of drug-likeness (QED) is 0.702. The summed E-state index contributed by atoms with van der Waals surface area (Å²) >= 11 is 1.55. The zero-order valence-electron chi connectivity index (χ0n) is 12.3. The van der Waals surface area contributed by atoms with Gasteiger partial charge in [0.1, 0.15) is 0 Å². The first-order chi connectivity index (χ1) is 8.87. The lowest BCUT2D eigenvalue weighted by Gasteiger charge is -2.40. The summed E-state index contributed by atoms with van der Waals surface area (Å²) in [7, 11) is 1.65. The highest BCUT2D eigenvalue weighted by molar-refractivity contribution is 7.99. The molecular formula is C14H27NO3S. The van der Waals surface area contributed by atoms with Crippen molar-refractivity contribution in [3.8, 4) is 0 Å². The van der Waals surface area contributed by atoms with E-state index in [2.05, 4.69) is 19.2 Å². The van der Waals surface area contributed by atoms with E-state index in [1.54, 1.807) is 18.9 Å². The lowest BCUT2D eigenvalue weighted by atomic mass is 9.71. The first-order valence-electron chi connectivity index (χ1n) is 6.93. The minimum Gasteiger partial charge on any atom is -0.388 e. The maximum atomic E-state index is 11.6. The highest BCUT2D eigenvalue weighted by Gasteiger charge is 2.36. The van der Waals surface area contributed by atoms with Crippen LogP contribution in [0.2, 0.25) is 0 Å². The molecule has 1 rings (SSSR count). The SMILES string of the molecule is COCCSCC(=O)NCC1(O)CCC(C)(C)CC1. The molecule has 0 atom stereocenters. The highest BCUT2D eigenvalue weighted by atomic mass is 32.2. The fraction of sp³-hybridized carbons (Fsp3) is 0.929. The maximum Gasteiger partial charge on any atom is 0.230 e. The van der Waals surface area contributed by atoms with E-state index in [4.69, 9.17) is 4.74 Å². The predicted octanol–water partition coefficient (Wildman–Crippen LogP) is 1.81. The van der Waals surface area contributed by atoms with E-state index in [0.29, 0.717) is 24.3 Å². The zero-order chi connectivity index (χ0) is 14.4. The fourth-order valence-corrected chi connectivity index (χ4v) is 2.91. The van der Waals surface area contributed by atoms with Gasteiger partial charge in [0, 0.05) is 19.4 Å². The van der Waals surface area contributed by atoms with E-state index >= 15 is 0 Å². The highest BCUT2D eigenvalue weighted by Crippen LogP contribution is 2.39. The number of ether oxygens (including phenoxy) is 1. The second-order valence-corrected chi connectivity index (χ2v) is 7.32. The van der Waals surface area contributed by atoms with Gasteiger partial charge in [-0.15, -0.1) is 11.8 Å². The molecule has 1 aliphatic carbocycles. The Kier molecular flexibility index (Phi) is 6.63. The molecule has 0 aromatic carbocycles. The van der Waals surface area contributed by atoms with Gasteiger partial charge < -0.3 is 15.2 Å². The summed E-state index contributed by atoms with van der Waals surface area (Å²) in [5.41, 5.74) is -0.380. The largest absolute Gasteiger partial charge is 0.388 e. The third-order valence-corrected chi connectivity index (χ3v) is 4.74. The molecule has 0 unspecified atom stereocenters. The zero-order valence-corrected chi connectivity index (χ0v) is 13.1. The summed E-state index contributed by atoms with van der Waals surface area (Å²) in [5.74, 6) is 1.26. The van der Waals surface area contributed by atoms with Gasteiger partial charge in [0.05, 0.1) is 18.0 Å². The minimum atomic E-state index is -0.706. The van der Waals surface area contributed by atoms with Crippen LogP contribution in [0.15, 0.2) is 0 Å². The summed E-state index contributed by atoms with van der Waals surface area (Å²) < 4.78 is 4.92. The molecule has 1 aliphatic rings. The van der Waals surface area contributed by atoms with Gasteiger partial charge in [-0.3, -0.25) is 4.79 Å². The number of carbonyl (C=O) groups excluding carboxylic acids is 1. The number of hydrogen-bond donors (Lipinski definition) is 2. The van der Waals surface area contributed by atoms with Gasteiger partial charge in [-0.2, -0.15) is 0 Å². The number of nitrogens with one attached hydrogen (secondary N) is 1. The molecule has 5 heteroatoms. The normalized spacial score (nSPS) is 21.1. The van der Waals surface area contributed by atoms with E-state index in [0.717, 1.165) is 31.4 Å². The molecule has 1 fully saturated rings. The van der Waals surface area contributed by atoms with Crippen molar-refractivity contribution in [1.29, 1.82) is 0 Å². The Balaban J connectivity index is 2.19. The molecule has 0 bridgehead atoms. The molecule has 0 aromatic rings.